The van der Waals surface area contributed by atoms with Crippen molar-refractivity contribution in [1.29, 1.82) is 0 Å². The number of anilines is 4. The van der Waals surface area contributed by atoms with Gasteiger partial charge in [-0.1, -0.05) is 37.3 Å². The number of ketones is 2. The number of amides is 1. The minimum atomic E-state index is -4.81. The van der Waals surface area contributed by atoms with Crippen LogP contribution >= 0.6 is 0 Å². The van der Waals surface area contributed by atoms with E-state index in [-0.39, 0.29) is 40.3 Å². The number of rotatable bonds is 11. The van der Waals surface area contributed by atoms with Crippen molar-refractivity contribution >= 4 is 50.3 Å². The molecular formula is C32H40N4O9S. The summed E-state index contributed by atoms with van der Waals surface area (Å²) in [5, 5.41) is 33.1. The molecule has 3 aromatic carbocycles. The Bertz CT molecular complexity index is 1680. The fraction of sp³-hybridized carbons (Fsp3) is 0.344. The molecule has 0 radical (unpaired) electrons. The highest BCUT2D eigenvalue weighted by molar-refractivity contribution is 7.86. The van der Waals surface area contributed by atoms with Crippen molar-refractivity contribution < 1.29 is 42.7 Å². The van der Waals surface area contributed by atoms with Crippen LogP contribution in [0.25, 0.3) is 0 Å². The Labute approximate surface area is 267 Å². The van der Waals surface area contributed by atoms with Crippen LogP contribution in [-0.4, -0.2) is 88.6 Å². The van der Waals surface area contributed by atoms with Crippen molar-refractivity contribution in [2.75, 3.05) is 36.0 Å². The normalized spacial score (nSPS) is 14.4. The number of hydrogen-bond acceptors (Lipinski definition) is 11. The lowest BCUT2D eigenvalue weighted by Gasteiger charge is -2.25. The van der Waals surface area contributed by atoms with Gasteiger partial charge < -0.3 is 31.7 Å². The molecule has 0 aromatic heterocycles. The summed E-state index contributed by atoms with van der Waals surface area (Å²) < 4.78 is 33.7. The van der Waals surface area contributed by atoms with E-state index in [2.05, 4.69) is 10.6 Å². The van der Waals surface area contributed by atoms with Gasteiger partial charge in [0.2, 0.25) is 5.91 Å². The molecule has 248 valence electrons. The first-order chi connectivity index (χ1) is 21.5. The number of aliphatic hydroxyl groups is 3. The summed E-state index contributed by atoms with van der Waals surface area (Å²) in [7, 11) is -4.81. The maximum atomic E-state index is 13.3. The SMILES string of the molecule is CC(O)CN(CC(C)O)CC(C)O.CCC(=O)Nc1cccc(Nc2cc(S(=O)(=O)O)c(N)c3c2C(=O)c2ccccc2C3=O)c1. The van der Waals surface area contributed by atoms with E-state index in [0.717, 1.165) is 6.07 Å². The van der Waals surface area contributed by atoms with Gasteiger partial charge in [0.25, 0.3) is 10.1 Å². The van der Waals surface area contributed by atoms with Gasteiger partial charge >= 0.3 is 0 Å². The Morgan fingerprint density at radius 3 is 1.80 bits per heavy atom. The number of nitrogens with zero attached hydrogens (tertiary/aromatic N) is 1. The number of carbonyl (C=O) groups is 3. The predicted molar refractivity (Wildman–Crippen MR) is 174 cm³/mol. The molecule has 0 bridgehead atoms. The number of fused-ring (bicyclic) bond motifs is 2. The average molecular weight is 657 g/mol. The zero-order valence-corrected chi connectivity index (χ0v) is 26.8. The summed E-state index contributed by atoms with van der Waals surface area (Å²) in [4.78, 5) is 39.4. The molecular weight excluding hydrogens is 616 g/mol. The number of hydrogen-bond donors (Lipinski definition) is 7. The van der Waals surface area contributed by atoms with E-state index < -0.39 is 50.6 Å². The minimum Gasteiger partial charge on any atom is -0.397 e. The van der Waals surface area contributed by atoms with Crippen LogP contribution < -0.4 is 16.4 Å². The van der Waals surface area contributed by atoms with Gasteiger partial charge in [0.05, 0.1) is 40.8 Å². The van der Waals surface area contributed by atoms with Gasteiger partial charge in [0.1, 0.15) is 4.90 Å². The molecule has 0 saturated carbocycles. The highest BCUT2D eigenvalue weighted by Crippen LogP contribution is 2.40. The van der Waals surface area contributed by atoms with E-state index in [1.807, 2.05) is 4.90 Å². The Balaban J connectivity index is 0.000000376. The Morgan fingerprint density at radius 2 is 1.33 bits per heavy atom. The Morgan fingerprint density at radius 1 is 0.826 bits per heavy atom. The molecule has 1 aliphatic rings. The third-order valence-electron chi connectivity index (χ3n) is 6.79. The summed E-state index contributed by atoms with van der Waals surface area (Å²) in [6.45, 7) is 8.22. The molecule has 1 amide bonds. The molecule has 14 heteroatoms. The zero-order valence-electron chi connectivity index (χ0n) is 26.0. The van der Waals surface area contributed by atoms with Gasteiger partial charge in [0, 0.05) is 48.6 Å². The first-order valence-corrected chi connectivity index (χ1v) is 16.0. The fourth-order valence-corrected chi connectivity index (χ4v) is 5.68. The molecule has 0 heterocycles. The molecule has 8 N–H and O–H groups in total. The number of nitrogens with one attached hydrogen (secondary N) is 2. The molecule has 3 atom stereocenters. The van der Waals surface area contributed by atoms with Gasteiger partial charge in [0.15, 0.2) is 11.6 Å². The van der Waals surface area contributed by atoms with Gasteiger partial charge in [-0.15, -0.1) is 0 Å². The third-order valence-corrected chi connectivity index (χ3v) is 7.69. The average Bonchev–Trinajstić information content (AvgIpc) is 2.95. The van der Waals surface area contributed by atoms with Crippen molar-refractivity contribution in [3.63, 3.8) is 0 Å². The fourth-order valence-electron chi connectivity index (χ4n) is 5.03. The monoisotopic (exact) mass is 656 g/mol. The maximum absolute atomic E-state index is 13.3. The number of benzene rings is 3. The van der Waals surface area contributed by atoms with Crippen LogP contribution in [0.4, 0.5) is 22.7 Å². The molecule has 3 aromatic rings. The van der Waals surface area contributed by atoms with E-state index in [4.69, 9.17) is 21.1 Å². The lowest BCUT2D eigenvalue weighted by Crippen LogP contribution is -2.40. The highest BCUT2D eigenvalue weighted by atomic mass is 32.2. The van der Waals surface area contributed by atoms with Gasteiger partial charge in [-0.2, -0.15) is 8.42 Å². The molecule has 1 aliphatic carbocycles. The van der Waals surface area contributed by atoms with Crippen LogP contribution in [0, 0.1) is 0 Å². The summed E-state index contributed by atoms with van der Waals surface area (Å²) in [6.07, 6.45) is -1.02. The highest BCUT2D eigenvalue weighted by Gasteiger charge is 2.36. The minimum absolute atomic E-state index is 0.0290. The van der Waals surface area contributed by atoms with Crippen molar-refractivity contribution in [2.45, 2.75) is 57.3 Å². The lowest BCUT2D eigenvalue weighted by molar-refractivity contribution is -0.115. The number of carbonyl (C=O) groups excluding carboxylic acids is 3. The van der Waals surface area contributed by atoms with E-state index in [1.54, 1.807) is 64.1 Å². The number of nitrogens with two attached hydrogens (primary N) is 1. The molecule has 3 unspecified atom stereocenters. The summed E-state index contributed by atoms with van der Waals surface area (Å²) in [5.41, 5.74) is 6.14. The standard InChI is InChI=1S/C23H19N3O6S.C9H21NO3/c1-2-18(27)26-13-7-5-6-12(10-13)25-16-11-17(33(30,31)32)21(24)20-19(16)22(28)14-8-3-4-9-15(14)23(20)29;1-7(11)4-10(5-8(2)12)6-9(3)13/h3-11,25H,2,24H2,1H3,(H,26,27)(H,30,31,32);7-9,11-13H,4-6H2,1-3H3. The third kappa shape index (κ3) is 9.19. The van der Waals surface area contributed by atoms with Crippen molar-refractivity contribution in [1.82, 2.24) is 4.90 Å². The van der Waals surface area contributed by atoms with E-state index in [9.17, 15) is 27.4 Å². The van der Waals surface area contributed by atoms with Gasteiger partial charge in [-0.25, -0.2) is 0 Å². The van der Waals surface area contributed by atoms with Crippen LogP contribution in [0.5, 0.6) is 0 Å². The quantitative estimate of drug-likeness (QED) is 0.0915. The molecule has 0 saturated heterocycles. The van der Waals surface area contributed by atoms with E-state index >= 15 is 0 Å². The molecule has 0 spiro atoms. The molecule has 46 heavy (non-hydrogen) atoms. The van der Waals surface area contributed by atoms with Crippen LogP contribution in [0.2, 0.25) is 0 Å². The molecule has 4 rings (SSSR count). The predicted octanol–water partition coefficient (Wildman–Crippen LogP) is 2.81. The first kappa shape index (κ1) is 36.3. The van der Waals surface area contributed by atoms with Crippen LogP contribution in [-0.2, 0) is 14.9 Å². The molecule has 0 fully saturated rings. The number of nitrogen functional groups attached to an aromatic ring is 1. The van der Waals surface area contributed by atoms with Crippen molar-refractivity contribution in [3.8, 4) is 0 Å². The Hall–Kier alpha value is -4.18. The van der Waals surface area contributed by atoms with Crippen LogP contribution in [0.3, 0.4) is 0 Å². The zero-order chi connectivity index (χ0) is 34.3. The van der Waals surface area contributed by atoms with Crippen LogP contribution in [0.15, 0.2) is 59.5 Å². The summed E-state index contributed by atoms with van der Waals surface area (Å²) >= 11 is 0. The van der Waals surface area contributed by atoms with Gasteiger partial charge in [-0.3, -0.25) is 23.8 Å². The smallest absolute Gasteiger partial charge is 0.296 e. The molecule has 0 aliphatic heterocycles. The lowest BCUT2D eigenvalue weighted by atomic mass is 9.82. The van der Waals surface area contributed by atoms with Crippen molar-refractivity contribution in [2.24, 2.45) is 0 Å². The van der Waals surface area contributed by atoms with E-state index in [1.165, 1.54) is 12.1 Å². The first-order valence-electron chi connectivity index (χ1n) is 14.6. The number of aliphatic hydroxyl groups excluding tert-OH is 3. The second-order valence-electron chi connectivity index (χ2n) is 11.1. The summed E-state index contributed by atoms with van der Waals surface area (Å²) in [5.74, 6) is -1.36. The van der Waals surface area contributed by atoms with Crippen molar-refractivity contribution in [3.05, 3.63) is 76.9 Å². The largest absolute Gasteiger partial charge is 0.397 e. The maximum Gasteiger partial charge on any atom is 0.296 e. The second kappa shape index (κ2) is 15.4. The van der Waals surface area contributed by atoms with E-state index in [0.29, 0.717) is 31.0 Å². The van der Waals surface area contributed by atoms with Gasteiger partial charge in [-0.05, 0) is 45.0 Å². The topological polar surface area (TPSA) is 220 Å². The second-order valence-corrected chi connectivity index (χ2v) is 12.5. The molecule has 13 nitrogen and oxygen atoms in total. The summed E-state index contributed by atoms with van der Waals surface area (Å²) in [6, 6.07) is 13.6. The van der Waals surface area contributed by atoms with Crippen LogP contribution in [0.1, 0.15) is 66.0 Å². The Kier molecular flexibility index (Phi) is 12.2.